The highest BCUT2D eigenvalue weighted by molar-refractivity contribution is 14.0. The lowest BCUT2D eigenvalue weighted by Crippen LogP contribution is -2.55. The molecule has 3 amide bonds. The Bertz CT molecular complexity index is 763. The van der Waals surface area contributed by atoms with Crippen molar-refractivity contribution >= 4 is 41.9 Å². The summed E-state index contributed by atoms with van der Waals surface area (Å²) in [5.41, 5.74) is 1.65. The topological polar surface area (TPSA) is 98.7 Å². The summed E-state index contributed by atoms with van der Waals surface area (Å²) in [6.07, 6.45) is 6.24. The van der Waals surface area contributed by atoms with E-state index in [0.29, 0.717) is 6.54 Å². The second-order valence-electron chi connectivity index (χ2n) is 7.66. The zero-order valence-corrected chi connectivity index (χ0v) is 19.7. The Morgan fingerprint density at radius 2 is 2.10 bits per heavy atom. The van der Waals surface area contributed by atoms with E-state index in [1.807, 2.05) is 25.4 Å². The molecule has 0 bridgehead atoms. The van der Waals surface area contributed by atoms with Gasteiger partial charge in [0.2, 0.25) is 0 Å². The molecule has 2 fully saturated rings. The number of hydrogen-bond donors (Lipinski definition) is 3. The van der Waals surface area contributed by atoms with Gasteiger partial charge in [-0.2, -0.15) is 0 Å². The molecular formula is C20H31IN6O2. The second-order valence-corrected chi connectivity index (χ2v) is 7.66. The van der Waals surface area contributed by atoms with E-state index in [1.54, 1.807) is 0 Å². The Labute approximate surface area is 189 Å². The second kappa shape index (κ2) is 10.2. The summed E-state index contributed by atoms with van der Waals surface area (Å²) in [6.45, 7) is 9.10. The molecule has 0 saturated carbocycles. The number of carbonyl (C=O) groups is 2. The predicted molar refractivity (Wildman–Crippen MR) is 123 cm³/mol. The summed E-state index contributed by atoms with van der Waals surface area (Å²) in [7, 11) is 0. The van der Waals surface area contributed by atoms with Crippen LogP contribution in [0, 0.1) is 12.8 Å². The first-order valence-corrected chi connectivity index (χ1v) is 10.0. The van der Waals surface area contributed by atoms with E-state index in [0.717, 1.165) is 44.9 Å². The lowest BCUT2D eigenvalue weighted by Gasteiger charge is -2.39. The van der Waals surface area contributed by atoms with Crippen LogP contribution in [0.15, 0.2) is 23.5 Å². The van der Waals surface area contributed by atoms with Crippen molar-refractivity contribution in [2.75, 3.05) is 26.2 Å². The van der Waals surface area contributed by atoms with Crippen LogP contribution in [-0.4, -0.2) is 59.5 Å². The van der Waals surface area contributed by atoms with Gasteiger partial charge in [-0.3, -0.25) is 20.1 Å². The van der Waals surface area contributed by atoms with Crippen LogP contribution < -0.4 is 16.0 Å². The van der Waals surface area contributed by atoms with Gasteiger partial charge in [0.1, 0.15) is 5.54 Å². The highest BCUT2D eigenvalue weighted by Gasteiger charge is 2.48. The summed E-state index contributed by atoms with van der Waals surface area (Å²) in [5.74, 6) is 0.819. The summed E-state index contributed by atoms with van der Waals surface area (Å²) in [5, 5.41) is 8.55. The van der Waals surface area contributed by atoms with Gasteiger partial charge in [0.25, 0.3) is 5.91 Å². The summed E-state index contributed by atoms with van der Waals surface area (Å²) in [4.78, 5) is 34.9. The van der Waals surface area contributed by atoms with Gasteiger partial charge in [-0.05, 0) is 63.1 Å². The van der Waals surface area contributed by atoms with Crippen molar-refractivity contribution in [3.63, 3.8) is 0 Å². The molecule has 29 heavy (non-hydrogen) atoms. The van der Waals surface area contributed by atoms with Crippen LogP contribution in [0.5, 0.6) is 0 Å². The van der Waals surface area contributed by atoms with Crippen LogP contribution in [-0.2, 0) is 11.2 Å². The fraction of sp³-hybridized carbons (Fsp3) is 0.600. The molecule has 3 N–H and O–H groups in total. The van der Waals surface area contributed by atoms with Crippen molar-refractivity contribution in [1.82, 2.24) is 25.8 Å². The van der Waals surface area contributed by atoms with Crippen LogP contribution in [0.4, 0.5) is 4.79 Å². The Kier molecular flexibility index (Phi) is 8.23. The predicted octanol–water partition coefficient (Wildman–Crippen LogP) is 1.83. The molecule has 0 aliphatic carbocycles. The van der Waals surface area contributed by atoms with E-state index >= 15 is 0 Å². The number of aromatic nitrogens is 1. The molecule has 1 aromatic heterocycles. The van der Waals surface area contributed by atoms with E-state index in [-0.39, 0.29) is 35.8 Å². The van der Waals surface area contributed by atoms with Crippen LogP contribution in [0.3, 0.4) is 0 Å². The zero-order chi connectivity index (χ0) is 20.1. The minimum absolute atomic E-state index is 0. The number of likely N-dealkylation sites (tertiary alicyclic amines) is 1. The third kappa shape index (κ3) is 5.37. The lowest BCUT2D eigenvalue weighted by molar-refractivity contribution is -0.125. The van der Waals surface area contributed by atoms with E-state index in [1.165, 1.54) is 11.1 Å². The molecule has 8 nitrogen and oxygen atoms in total. The maximum atomic E-state index is 12.2. The largest absolute Gasteiger partial charge is 0.357 e. The maximum absolute atomic E-state index is 12.2. The molecule has 2 saturated heterocycles. The van der Waals surface area contributed by atoms with Crippen LogP contribution >= 0.6 is 24.0 Å². The maximum Gasteiger partial charge on any atom is 0.322 e. The van der Waals surface area contributed by atoms with Crippen molar-refractivity contribution in [3.8, 4) is 0 Å². The molecule has 2 aliphatic rings. The Balaban J connectivity index is 0.00000300. The van der Waals surface area contributed by atoms with Crippen LogP contribution in [0.1, 0.15) is 37.8 Å². The van der Waals surface area contributed by atoms with Crippen molar-refractivity contribution in [2.24, 2.45) is 10.9 Å². The number of aliphatic imine (C=N–C) groups is 1. The van der Waals surface area contributed by atoms with Crippen LogP contribution in [0.2, 0.25) is 0 Å². The monoisotopic (exact) mass is 514 g/mol. The van der Waals surface area contributed by atoms with Crippen molar-refractivity contribution in [1.29, 1.82) is 0 Å². The number of guanidine groups is 1. The van der Waals surface area contributed by atoms with Gasteiger partial charge >= 0.3 is 6.03 Å². The SMILES string of the molecule is CCNC(=NCCc1ccncc1C)N1CCC(C2(C)NC(=O)NC2=O)CC1.I. The van der Waals surface area contributed by atoms with Gasteiger partial charge in [-0.15, -0.1) is 24.0 Å². The van der Waals surface area contributed by atoms with Crippen LogP contribution in [0.25, 0.3) is 0 Å². The summed E-state index contributed by atoms with van der Waals surface area (Å²) >= 11 is 0. The molecule has 0 spiro atoms. The molecular weight excluding hydrogens is 483 g/mol. The number of nitrogens with one attached hydrogen (secondary N) is 3. The number of imide groups is 1. The van der Waals surface area contributed by atoms with Gasteiger partial charge in [-0.1, -0.05) is 0 Å². The van der Waals surface area contributed by atoms with Gasteiger partial charge in [0.15, 0.2) is 5.96 Å². The normalized spacial score (nSPS) is 22.7. The third-order valence-corrected chi connectivity index (χ3v) is 5.80. The fourth-order valence-corrected chi connectivity index (χ4v) is 4.00. The fourth-order valence-electron chi connectivity index (χ4n) is 4.00. The van der Waals surface area contributed by atoms with Gasteiger partial charge in [0, 0.05) is 38.6 Å². The average molecular weight is 514 g/mol. The molecule has 0 aromatic carbocycles. The standard InChI is InChI=1S/C20H30N6O2.HI/c1-4-22-18(23-10-6-15-5-9-21-13-14(15)2)26-11-7-16(8-12-26)20(3)17(27)24-19(28)25-20;/h5,9,13,16H,4,6-8,10-12H2,1-3H3,(H,22,23)(H2,24,25,27,28);1H. The van der Waals surface area contributed by atoms with E-state index in [4.69, 9.17) is 4.99 Å². The molecule has 3 heterocycles. The van der Waals surface area contributed by atoms with Gasteiger partial charge in [0.05, 0.1) is 0 Å². The summed E-state index contributed by atoms with van der Waals surface area (Å²) < 4.78 is 0. The number of urea groups is 1. The number of aryl methyl sites for hydroxylation is 1. The Morgan fingerprint density at radius 1 is 1.38 bits per heavy atom. The molecule has 160 valence electrons. The zero-order valence-electron chi connectivity index (χ0n) is 17.3. The first kappa shape index (κ1) is 23.4. The number of pyridine rings is 1. The van der Waals surface area contributed by atoms with Crippen molar-refractivity contribution in [3.05, 3.63) is 29.6 Å². The number of carbonyl (C=O) groups excluding carboxylic acids is 2. The molecule has 9 heteroatoms. The Morgan fingerprint density at radius 3 is 2.69 bits per heavy atom. The molecule has 2 aliphatic heterocycles. The molecule has 1 atom stereocenters. The minimum Gasteiger partial charge on any atom is -0.357 e. The van der Waals surface area contributed by atoms with Gasteiger partial charge in [-0.25, -0.2) is 4.79 Å². The van der Waals surface area contributed by atoms with E-state index < -0.39 is 11.6 Å². The quantitative estimate of drug-likeness (QED) is 0.241. The smallest absolute Gasteiger partial charge is 0.322 e. The number of halogens is 1. The first-order chi connectivity index (χ1) is 13.4. The number of rotatable bonds is 5. The third-order valence-electron chi connectivity index (χ3n) is 5.80. The minimum atomic E-state index is -0.808. The first-order valence-electron chi connectivity index (χ1n) is 10.0. The molecule has 1 aromatic rings. The average Bonchev–Trinajstić information content (AvgIpc) is 2.95. The van der Waals surface area contributed by atoms with Crippen molar-refractivity contribution < 1.29 is 9.59 Å². The lowest BCUT2D eigenvalue weighted by atomic mass is 9.79. The van der Waals surface area contributed by atoms with Gasteiger partial charge < -0.3 is 15.5 Å². The molecule has 0 radical (unpaired) electrons. The molecule has 3 rings (SSSR count). The number of piperidine rings is 1. The highest BCUT2D eigenvalue weighted by Crippen LogP contribution is 2.30. The highest BCUT2D eigenvalue weighted by atomic mass is 127. The number of nitrogens with zero attached hydrogens (tertiary/aromatic N) is 3. The summed E-state index contributed by atoms with van der Waals surface area (Å²) in [6, 6.07) is 1.65. The van der Waals surface area contributed by atoms with E-state index in [2.05, 4.69) is 39.7 Å². The number of amides is 3. The Hall–Kier alpha value is -1.91. The molecule has 1 unspecified atom stereocenters. The van der Waals surface area contributed by atoms with Crippen molar-refractivity contribution in [2.45, 2.75) is 45.6 Å². The number of hydrogen-bond acceptors (Lipinski definition) is 4. The van der Waals surface area contributed by atoms with E-state index in [9.17, 15) is 9.59 Å².